The van der Waals surface area contributed by atoms with Gasteiger partial charge in [0, 0.05) is 34.2 Å². The van der Waals surface area contributed by atoms with Gasteiger partial charge in [0.05, 0.1) is 29.7 Å². The van der Waals surface area contributed by atoms with E-state index in [1.165, 1.54) is 6.40 Å². The summed E-state index contributed by atoms with van der Waals surface area (Å²) in [5.41, 5.74) is 6.70. The number of thiophene rings is 1. The van der Waals surface area contributed by atoms with Crippen molar-refractivity contribution in [2.45, 2.75) is 12.5 Å². The first-order valence-electron chi connectivity index (χ1n) is 13.4. The number of nitrogens with zero attached hydrogens (tertiary/aromatic N) is 5. The van der Waals surface area contributed by atoms with Crippen LogP contribution in [0.4, 0.5) is 17.3 Å². The monoisotopic (exact) mass is 571 g/mol. The summed E-state index contributed by atoms with van der Waals surface area (Å²) in [6.07, 6.45) is 5.40. The Hall–Kier alpha value is -5.35. The van der Waals surface area contributed by atoms with Gasteiger partial charge in [-0.05, 0) is 59.5 Å². The lowest BCUT2D eigenvalue weighted by Gasteiger charge is -2.12. The second-order valence-electron chi connectivity index (χ2n) is 9.75. The summed E-state index contributed by atoms with van der Waals surface area (Å²) in [5.74, 6) is 0.400. The Bertz CT molecular complexity index is 1910. The molecule has 0 fully saturated rings. The zero-order valence-electron chi connectivity index (χ0n) is 22.3. The highest BCUT2D eigenvalue weighted by Gasteiger charge is 2.19. The van der Waals surface area contributed by atoms with Gasteiger partial charge in [0.2, 0.25) is 11.9 Å². The third kappa shape index (κ3) is 5.35. The van der Waals surface area contributed by atoms with Crippen molar-refractivity contribution in [3.8, 4) is 22.5 Å². The SMILES string of the molecule is O=C(Cc1cccs1)Nc1cccc(-c2nn3ccccc3c2-c2ccnc(Nc3cccc(C4CN=CO4)c3)n2)c1. The van der Waals surface area contributed by atoms with Crippen LogP contribution in [-0.4, -0.2) is 38.4 Å². The molecule has 42 heavy (non-hydrogen) atoms. The van der Waals surface area contributed by atoms with Crippen molar-refractivity contribution in [3.05, 3.63) is 113 Å². The average Bonchev–Trinajstić information content (AvgIpc) is 3.79. The number of carbonyl (C=O) groups is 1. The van der Waals surface area contributed by atoms with Crippen molar-refractivity contribution in [3.63, 3.8) is 0 Å². The van der Waals surface area contributed by atoms with Crippen LogP contribution < -0.4 is 10.6 Å². The van der Waals surface area contributed by atoms with E-state index in [9.17, 15) is 4.79 Å². The predicted octanol–water partition coefficient (Wildman–Crippen LogP) is 6.54. The van der Waals surface area contributed by atoms with E-state index in [1.54, 1.807) is 17.5 Å². The highest BCUT2D eigenvalue weighted by molar-refractivity contribution is 7.10. The van der Waals surface area contributed by atoms with Crippen molar-refractivity contribution in [1.29, 1.82) is 0 Å². The second-order valence-corrected chi connectivity index (χ2v) is 10.8. The number of amides is 1. The molecule has 0 spiro atoms. The third-order valence-electron chi connectivity index (χ3n) is 6.87. The van der Waals surface area contributed by atoms with E-state index in [0.29, 0.717) is 24.6 Å². The fourth-order valence-corrected chi connectivity index (χ4v) is 5.66. The molecule has 0 radical (unpaired) electrons. The minimum atomic E-state index is -0.0865. The molecule has 1 aliphatic heterocycles. The summed E-state index contributed by atoms with van der Waals surface area (Å²) in [6, 6.07) is 27.4. The Morgan fingerprint density at radius 2 is 1.93 bits per heavy atom. The van der Waals surface area contributed by atoms with E-state index in [2.05, 4.69) is 20.6 Å². The maximum Gasteiger partial charge on any atom is 0.229 e. The topological polar surface area (TPSA) is 106 Å². The number of rotatable bonds is 8. The van der Waals surface area contributed by atoms with Crippen molar-refractivity contribution < 1.29 is 9.53 Å². The minimum Gasteiger partial charge on any atom is -0.474 e. The molecular weight excluding hydrogens is 546 g/mol. The normalized spacial score (nSPS) is 14.1. The molecule has 0 aliphatic carbocycles. The van der Waals surface area contributed by atoms with Gasteiger partial charge in [-0.15, -0.1) is 11.3 Å². The molecule has 6 aromatic rings. The average molecular weight is 572 g/mol. The van der Waals surface area contributed by atoms with Gasteiger partial charge < -0.3 is 15.4 Å². The molecule has 1 aliphatic rings. The van der Waals surface area contributed by atoms with Crippen LogP contribution in [0.5, 0.6) is 0 Å². The number of aliphatic imine (C=N–C) groups is 1. The van der Waals surface area contributed by atoms with Crippen molar-refractivity contribution >= 4 is 46.5 Å². The van der Waals surface area contributed by atoms with Crippen LogP contribution in [0.1, 0.15) is 16.5 Å². The van der Waals surface area contributed by atoms with E-state index in [1.807, 2.05) is 101 Å². The lowest BCUT2D eigenvalue weighted by molar-refractivity contribution is -0.115. The zero-order valence-corrected chi connectivity index (χ0v) is 23.2. The van der Waals surface area contributed by atoms with E-state index < -0.39 is 0 Å². The van der Waals surface area contributed by atoms with Crippen LogP contribution in [0.25, 0.3) is 28.0 Å². The molecule has 4 aromatic heterocycles. The number of ether oxygens (including phenoxy) is 1. The van der Waals surface area contributed by atoms with Crippen LogP contribution in [0.2, 0.25) is 0 Å². The van der Waals surface area contributed by atoms with Gasteiger partial charge in [0.15, 0.2) is 6.40 Å². The Balaban J connectivity index is 1.21. The van der Waals surface area contributed by atoms with Gasteiger partial charge in [-0.25, -0.2) is 14.5 Å². The molecule has 1 atom stereocenters. The lowest BCUT2D eigenvalue weighted by Crippen LogP contribution is -2.13. The van der Waals surface area contributed by atoms with Gasteiger partial charge in [-0.3, -0.25) is 9.79 Å². The van der Waals surface area contributed by atoms with Gasteiger partial charge in [-0.2, -0.15) is 5.10 Å². The number of benzene rings is 2. The molecule has 10 heteroatoms. The minimum absolute atomic E-state index is 0.0626. The molecule has 0 saturated heterocycles. The fourth-order valence-electron chi connectivity index (χ4n) is 4.96. The first-order chi connectivity index (χ1) is 20.7. The second kappa shape index (κ2) is 11.3. The number of nitrogens with one attached hydrogen (secondary N) is 2. The van der Waals surface area contributed by atoms with Crippen molar-refractivity contribution in [1.82, 2.24) is 19.6 Å². The first-order valence-corrected chi connectivity index (χ1v) is 14.3. The number of hydrogen-bond acceptors (Lipinski definition) is 8. The van der Waals surface area contributed by atoms with Crippen LogP contribution >= 0.6 is 11.3 Å². The fraction of sp³-hybridized carbons (Fsp3) is 0.0938. The molecule has 2 aromatic carbocycles. The van der Waals surface area contributed by atoms with Gasteiger partial charge in [0.25, 0.3) is 0 Å². The van der Waals surface area contributed by atoms with Crippen LogP contribution in [0, 0.1) is 0 Å². The molecule has 206 valence electrons. The molecule has 2 N–H and O–H groups in total. The highest BCUT2D eigenvalue weighted by atomic mass is 32.1. The summed E-state index contributed by atoms with van der Waals surface area (Å²) in [5, 5.41) is 13.2. The molecule has 5 heterocycles. The molecule has 9 nitrogen and oxygen atoms in total. The Kier molecular flexibility index (Phi) is 6.87. The number of carbonyl (C=O) groups excluding carboxylic acids is 1. The summed E-state index contributed by atoms with van der Waals surface area (Å²) < 4.78 is 7.42. The van der Waals surface area contributed by atoms with Gasteiger partial charge in [-0.1, -0.05) is 36.4 Å². The number of fused-ring (bicyclic) bond motifs is 1. The van der Waals surface area contributed by atoms with Crippen LogP contribution in [0.3, 0.4) is 0 Å². The Morgan fingerprint density at radius 1 is 1.00 bits per heavy atom. The quantitative estimate of drug-likeness (QED) is 0.215. The van der Waals surface area contributed by atoms with E-state index in [4.69, 9.17) is 14.8 Å². The van der Waals surface area contributed by atoms with Crippen molar-refractivity contribution in [2.24, 2.45) is 4.99 Å². The highest BCUT2D eigenvalue weighted by Crippen LogP contribution is 2.35. The smallest absolute Gasteiger partial charge is 0.229 e. The Labute approximate surface area is 245 Å². The molecule has 1 unspecified atom stereocenters. The number of pyridine rings is 1. The molecular formula is C32H25N7O2S. The van der Waals surface area contributed by atoms with E-state index >= 15 is 0 Å². The molecule has 0 bridgehead atoms. The zero-order chi connectivity index (χ0) is 28.3. The third-order valence-corrected chi connectivity index (χ3v) is 7.75. The maximum absolute atomic E-state index is 12.7. The van der Waals surface area contributed by atoms with E-state index in [-0.39, 0.29) is 12.0 Å². The first kappa shape index (κ1) is 25.6. The molecule has 0 saturated carbocycles. The number of anilines is 3. The van der Waals surface area contributed by atoms with Crippen LogP contribution in [-0.2, 0) is 16.0 Å². The van der Waals surface area contributed by atoms with Crippen LogP contribution in [0.15, 0.2) is 108 Å². The summed E-state index contributed by atoms with van der Waals surface area (Å²) >= 11 is 1.57. The summed E-state index contributed by atoms with van der Waals surface area (Å²) in [6.45, 7) is 0.604. The molecule has 1 amide bonds. The van der Waals surface area contributed by atoms with Crippen molar-refractivity contribution in [2.75, 3.05) is 17.2 Å². The largest absolute Gasteiger partial charge is 0.474 e. The van der Waals surface area contributed by atoms with Gasteiger partial charge in [0.1, 0.15) is 11.8 Å². The van der Waals surface area contributed by atoms with E-state index in [0.717, 1.165) is 44.2 Å². The Morgan fingerprint density at radius 3 is 2.81 bits per heavy atom. The number of aromatic nitrogens is 4. The predicted molar refractivity (Wildman–Crippen MR) is 165 cm³/mol. The molecule has 7 rings (SSSR count). The number of hydrogen-bond donors (Lipinski definition) is 2. The maximum atomic E-state index is 12.7. The lowest BCUT2D eigenvalue weighted by atomic mass is 10.0. The standard InChI is InChI=1S/C32H25N7O2S/c40-29(18-25-10-5-15-42-25)35-23-8-4-7-22(17-23)31-30(27-11-1-2-14-39(27)38-31)26-12-13-34-32(37-26)36-24-9-3-6-21(16-24)28-19-33-20-41-28/h1-17,20,28H,18-19H2,(H,35,40)(H,34,36,37). The summed E-state index contributed by atoms with van der Waals surface area (Å²) in [4.78, 5) is 27.2. The van der Waals surface area contributed by atoms with Gasteiger partial charge >= 0.3 is 0 Å². The summed E-state index contributed by atoms with van der Waals surface area (Å²) in [7, 11) is 0.